The van der Waals surface area contributed by atoms with Crippen molar-refractivity contribution in [2.45, 2.75) is 64.4 Å². The van der Waals surface area contributed by atoms with E-state index in [-0.39, 0.29) is 12.2 Å². The number of carbonyl (C=O) groups excluding carboxylic acids is 1. The minimum Gasteiger partial charge on any atom is -0.444 e. The number of amides is 1. The summed E-state index contributed by atoms with van der Waals surface area (Å²) in [6.45, 7) is 2.94. The highest BCUT2D eigenvalue weighted by Gasteiger charge is 2.21. The van der Waals surface area contributed by atoms with Crippen LogP contribution in [-0.2, 0) is 4.74 Å². The predicted octanol–water partition coefficient (Wildman–Crippen LogP) is 3.24. The van der Waals surface area contributed by atoms with Gasteiger partial charge in [-0.3, -0.25) is 0 Å². The lowest BCUT2D eigenvalue weighted by atomic mass is 10.1. The molecule has 15 heavy (non-hydrogen) atoms. The van der Waals surface area contributed by atoms with Crippen molar-refractivity contribution >= 4 is 6.09 Å². The molecule has 1 amide bonds. The Hall–Kier alpha value is -0.730. The highest BCUT2D eigenvalue weighted by molar-refractivity contribution is 5.69. The van der Waals surface area contributed by atoms with Gasteiger partial charge in [-0.25, -0.2) is 4.79 Å². The van der Waals surface area contributed by atoms with Gasteiger partial charge in [0.2, 0.25) is 0 Å². The van der Waals surface area contributed by atoms with Crippen LogP contribution in [0.3, 0.4) is 0 Å². The average molecular weight is 213 g/mol. The molecule has 0 aromatic carbocycles. The van der Waals surface area contributed by atoms with Crippen LogP contribution in [0.4, 0.5) is 4.79 Å². The van der Waals surface area contributed by atoms with Crippen molar-refractivity contribution in [1.29, 1.82) is 0 Å². The molecule has 3 heteroatoms. The monoisotopic (exact) mass is 213 g/mol. The van der Waals surface area contributed by atoms with E-state index >= 15 is 0 Å². The van der Waals surface area contributed by atoms with E-state index in [0.29, 0.717) is 6.54 Å². The van der Waals surface area contributed by atoms with E-state index in [4.69, 9.17) is 4.74 Å². The van der Waals surface area contributed by atoms with Gasteiger partial charge in [0.15, 0.2) is 0 Å². The molecule has 3 nitrogen and oxygen atoms in total. The van der Waals surface area contributed by atoms with Crippen LogP contribution in [0.1, 0.15) is 58.3 Å². The minimum atomic E-state index is -0.247. The maximum atomic E-state index is 10.7. The number of hydrogen-bond donors (Lipinski definition) is 1. The van der Waals surface area contributed by atoms with Gasteiger partial charge < -0.3 is 10.1 Å². The van der Waals surface area contributed by atoms with Crippen molar-refractivity contribution in [2.24, 2.45) is 0 Å². The molecule has 0 aromatic heterocycles. The SMILES string of the molecule is CCCCCCCCCC1CNC(=O)O1. The first kappa shape index (κ1) is 12.3. The van der Waals surface area contributed by atoms with E-state index in [0.717, 1.165) is 6.42 Å². The van der Waals surface area contributed by atoms with Crippen LogP contribution in [-0.4, -0.2) is 18.7 Å². The Morgan fingerprint density at radius 2 is 1.87 bits per heavy atom. The lowest BCUT2D eigenvalue weighted by molar-refractivity contribution is 0.134. The van der Waals surface area contributed by atoms with E-state index in [1.54, 1.807) is 0 Å². The zero-order chi connectivity index (χ0) is 10.9. The zero-order valence-corrected chi connectivity index (χ0v) is 9.76. The van der Waals surface area contributed by atoms with Crippen LogP contribution < -0.4 is 5.32 Å². The van der Waals surface area contributed by atoms with E-state index in [1.165, 1.54) is 44.9 Å². The number of carbonyl (C=O) groups is 1. The van der Waals surface area contributed by atoms with Crippen molar-refractivity contribution in [3.05, 3.63) is 0 Å². The van der Waals surface area contributed by atoms with Crippen LogP contribution >= 0.6 is 0 Å². The second-order valence-electron chi connectivity index (χ2n) is 4.32. The summed E-state index contributed by atoms with van der Waals surface area (Å²) in [6.07, 6.45) is 10.1. The van der Waals surface area contributed by atoms with Crippen molar-refractivity contribution in [3.8, 4) is 0 Å². The molecule has 1 rings (SSSR count). The van der Waals surface area contributed by atoms with Gasteiger partial charge in [0.25, 0.3) is 0 Å². The standard InChI is InChI=1S/C12H23NO2/c1-2-3-4-5-6-7-8-9-11-10-13-12(14)15-11/h11H,2-10H2,1H3,(H,13,14). The number of unbranched alkanes of at least 4 members (excludes halogenated alkanes) is 6. The molecular weight excluding hydrogens is 190 g/mol. The van der Waals surface area contributed by atoms with Gasteiger partial charge in [-0.15, -0.1) is 0 Å². The second kappa shape index (κ2) is 7.55. The van der Waals surface area contributed by atoms with E-state index in [9.17, 15) is 4.79 Å². The lowest BCUT2D eigenvalue weighted by Gasteiger charge is -2.06. The maximum absolute atomic E-state index is 10.7. The molecule has 0 aromatic rings. The lowest BCUT2D eigenvalue weighted by Crippen LogP contribution is -2.14. The summed E-state index contributed by atoms with van der Waals surface area (Å²) in [4.78, 5) is 10.7. The summed E-state index contributed by atoms with van der Waals surface area (Å²) in [6, 6.07) is 0. The molecule has 0 aliphatic carbocycles. The average Bonchev–Trinajstić information content (AvgIpc) is 2.63. The number of alkyl carbamates (subject to hydrolysis) is 1. The Balaban J connectivity index is 1.83. The summed E-state index contributed by atoms with van der Waals surface area (Å²) in [5.74, 6) is 0. The largest absolute Gasteiger partial charge is 0.444 e. The first-order valence-electron chi connectivity index (χ1n) is 6.27. The maximum Gasteiger partial charge on any atom is 0.407 e. The molecule has 0 saturated carbocycles. The Kier molecular flexibility index (Phi) is 6.21. The summed E-state index contributed by atoms with van der Waals surface area (Å²) in [7, 11) is 0. The van der Waals surface area contributed by atoms with Crippen LogP contribution in [0.5, 0.6) is 0 Å². The molecule has 1 N–H and O–H groups in total. The van der Waals surface area contributed by atoms with Gasteiger partial charge in [-0.2, -0.15) is 0 Å². The molecule has 88 valence electrons. The first-order chi connectivity index (χ1) is 7.33. The molecule has 1 heterocycles. The van der Waals surface area contributed by atoms with Gasteiger partial charge in [-0.1, -0.05) is 45.4 Å². The Morgan fingerprint density at radius 3 is 2.47 bits per heavy atom. The third kappa shape index (κ3) is 5.65. The smallest absolute Gasteiger partial charge is 0.407 e. The molecule has 1 aliphatic rings. The van der Waals surface area contributed by atoms with Crippen LogP contribution in [0.25, 0.3) is 0 Å². The third-order valence-corrected chi connectivity index (χ3v) is 2.88. The Labute approximate surface area is 92.6 Å². The number of cyclic esters (lactones) is 1. The molecule has 1 unspecified atom stereocenters. The highest BCUT2D eigenvalue weighted by Crippen LogP contribution is 2.12. The molecule has 1 saturated heterocycles. The number of hydrogen-bond acceptors (Lipinski definition) is 2. The zero-order valence-electron chi connectivity index (χ0n) is 9.76. The van der Waals surface area contributed by atoms with Crippen molar-refractivity contribution in [1.82, 2.24) is 5.32 Å². The van der Waals surface area contributed by atoms with Gasteiger partial charge in [0.05, 0.1) is 6.54 Å². The highest BCUT2D eigenvalue weighted by atomic mass is 16.6. The van der Waals surface area contributed by atoms with Crippen molar-refractivity contribution < 1.29 is 9.53 Å². The topological polar surface area (TPSA) is 38.3 Å². The second-order valence-corrected chi connectivity index (χ2v) is 4.32. The van der Waals surface area contributed by atoms with Gasteiger partial charge in [0.1, 0.15) is 6.10 Å². The molecule has 0 bridgehead atoms. The summed E-state index contributed by atoms with van der Waals surface area (Å²) in [5, 5.41) is 2.68. The van der Waals surface area contributed by atoms with Crippen molar-refractivity contribution in [2.75, 3.05) is 6.54 Å². The summed E-state index contributed by atoms with van der Waals surface area (Å²) < 4.78 is 5.06. The summed E-state index contributed by atoms with van der Waals surface area (Å²) >= 11 is 0. The van der Waals surface area contributed by atoms with Gasteiger partial charge in [0, 0.05) is 0 Å². The number of ether oxygens (including phenoxy) is 1. The van der Waals surface area contributed by atoms with E-state index in [1.807, 2.05) is 0 Å². The first-order valence-corrected chi connectivity index (χ1v) is 6.27. The molecule has 0 radical (unpaired) electrons. The fourth-order valence-electron chi connectivity index (χ4n) is 1.92. The molecule has 1 atom stereocenters. The fourth-order valence-corrected chi connectivity index (χ4v) is 1.92. The van der Waals surface area contributed by atoms with Crippen molar-refractivity contribution in [3.63, 3.8) is 0 Å². The minimum absolute atomic E-state index is 0.133. The fraction of sp³-hybridized carbons (Fsp3) is 0.917. The molecule has 0 spiro atoms. The van der Waals surface area contributed by atoms with Crippen LogP contribution in [0.2, 0.25) is 0 Å². The normalized spacial score (nSPS) is 20.1. The quantitative estimate of drug-likeness (QED) is 0.629. The van der Waals surface area contributed by atoms with Gasteiger partial charge in [-0.05, 0) is 12.8 Å². The third-order valence-electron chi connectivity index (χ3n) is 2.88. The molecule has 1 fully saturated rings. The van der Waals surface area contributed by atoms with Crippen LogP contribution in [0.15, 0.2) is 0 Å². The Morgan fingerprint density at radius 1 is 1.20 bits per heavy atom. The number of nitrogens with one attached hydrogen (secondary N) is 1. The number of rotatable bonds is 8. The van der Waals surface area contributed by atoms with Crippen LogP contribution in [0, 0.1) is 0 Å². The van der Waals surface area contributed by atoms with E-state index < -0.39 is 0 Å². The Bertz CT molecular complexity index is 182. The predicted molar refractivity (Wildman–Crippen MR) is 60.9 cm³/mol. The van der Waals surface area contributed by atoms with E-state index in [2.05, 4.69) is 12.2 Å². The molecular formula is C12H23NO2. The summed E-state index contributed by atoms with van der Waals surface area (Å²) in [5.41, 5.74) is 0. The van der Waals surface area contributed by atoms with Gasteiger partial charge >= 0.3 is 6.09 Å². The molecule has 1 aliphatic heterocycles.